The van der Waals surface area contributed by atoms with Crippen molar-refractivity contribution < 1.29 is 23.8 Å². The van der Waals surface area contributed by atoms with E-state index in [1.165, 1.54) is 17.7 Å². The number of H-pyrrole nitrogens is 1. The normalized spacial score (nSPS) is 32.7. The van der Waals surface area contributed by atoms with Gasteiger partial charge in [0.2, 0.25) is 0 Å². The number of aryl methyl sites for hydroxylation is 1. The van der Waals surface area contributed by atoms with Crippen molar-refractivity contribution in [1.82, 2.24) is 9.55 Å². The quantitative estimate of drug-likeness (QED) is 0.703. The van der Waals surface area contributed by atoms with E-state index in [0.717, 1.165) is 12.8 Å². The minimum Gasteiger partial charge on any atom is -0.459 e. The standard InChI is InChI=1S/C23H34N2O7/c1-12-11-25(21(29)24-18(12)27)19-17(30-15(4)26)14(3)23(32-19)13(2)9-8-10-16(23)31-20(28)22(5,6)7/h11,13-14,16-17,19H,8-10H2,1-7H3,(H,24,27,29)/t13-,14-,16+,17?,19-,23?/m1/s1. The molecule has 1 aromatic rings. The number of nitrogens with zero attached hydrogens (tertiary/aromatic N) is 1. The summed E-state index contributed by atoms with van der Waals surface area (Å²) < 4.78 is 19.5. The average molecular weight is 451 g/mol. The van der Waals surface area contributed by atoms with Gasteiger partial charge >= 0.3 is 17.6 Å². The van der Waals surface area contributed by atoms with Gasteiger partial charge in [-0.2, -0.15) is 0 Å². The zero-order chi connectivity index (χ0) is 24.0. The molecule has 2 aliphatic rings. The molecule has 1 spiro atoms. The highest BCUT2D eigenvalue weighted by Crippen LogP contribution is 2.54. The molecule has 1 aliphatic heterocycles. The van der Waals surface area contributed by atoms with E-state index in [4.69, 9.17) is 14.2 Å². The molecule has 9 heteroatoms. The van der Waals surface area contributed by atoms with Crippen LogP contribution in [0.3, 0.4) is 0 Å². The highest BCUT2D eigenvalue weighted by molar-refractivity contribution is 5.75. The Morgan fingerprint density at radius 2 is 1.84 bits per heavy atom. The number of rotatable bonds is 3. The Morgan fingerprint density at radius 3 is 2.44 bits per heavy atom. The molecule has 2 fully saturated rings. The maximum Gasteiger partial charge on any atom is 0.330 e. The van der Waals surface area contributed by atoms with Crippen molar-refractivity contribution in [3.63, 3.8) is 0 Å². The van der Waals surface area contributed by atoms with Crippen LogP contribution in [0.1, 0.15) is 72.6 Å². The van der Waals surface area contributed by atoms with Crippen molar-refractivity contribution in [2.75, 3.05) is 0 Å². The minimum atomic E-state index is -0.965. The molecule has 2 heterocycles. The van der Waals surface area contributed by atoms with Crippen molar-refractivity contribution in [3.05, 3.63) is 32.6 Å². The third kappa shape index (κ3) is 4.14. The second-order valence-corrected chi connectivity index (χ2v) is 10.2. The number of carbonyl (C=O) groups is 2. The predicted molar refractivity (Wildman–Crippen MR) is 116 cm³/mol. The van der Waals surface area contributed by atoms with Crippen LogP contribution in [0.4, 0.5) is 0 Å². The number of nitrogens with one attached hydrogen (secondary N) is 1. The van der Waals surface area contributed by atoms with Gasteiger partial charge in [0.25, 0.3) is 5.56 Å². The Hall–Kier alpha value is -2.42. The molecule has 1 saturated heterocycles. The lowest BCUT2D eigenvalue weighted by Crippen LogP contribution is -2.57. The molecule has 1 N–H and O–H groups in total. The van der Waals surface area contributed by atoms with Crippen LogP contribution >= 0.6 is 0 Å². The van der Waals surface area contributed by atoms with E-state index < -0.39 is 46.7 Å². The van der Waals surface area contributed by atoms with Crippen LogP contribution in [0.25, 0.3) is 0 Å². The van der Waals surface area contributed by atoms with Crippen LogP contribution in [-0.4, -0.2) is 39.3 Å². The summed E-state index contributed by atoms with van der Waals surface area (Å²) in [5.74, 6) is -1.24. The van der Waals surface area contributed by atoms with Gasteiger partial charge < -0.3 is 14.2 Å². The number of ether oxygens (including phenoxy) is 3. The smallest absolute Gasteiger partial charge is 0.330 e. The van der Waals surface area contributed by atoms with E-state index in [1.54, 1.807) is 27.7 Å². The molecular weight excluding hydrogens is 416 g/mol. The fourth-order valence-corrected chi connectivity index (χ4v) is 5.00. The molecule has 0 radical (unpaired) electrons. The van der Waals surface area contributed by atoms with Crippen LogP contribution in [-0.2, 0) is 23.8 Å². The summed E-state index contributed by atoms with van der Waals surface area (Å²) >= 11 is 0. The first-order valence-corrected chi connectivity index (χ1v) is 11.2. The molecule has 0 amide bonds. The van der Waals surface area contributed by atoms with Crippen molar-refractivity contribution in [2.45, 2.75) is 91.8 Å². The Balaban J connectivity index is 2.11. The van der Waals surface area contributed by atoms with E-state index in [0.29, 0.717) is 12.0 Å². The van der Waals surface area contributed by atoms with Crippen LogP contribution in [0.2, 0.25) is 0 Å². The summed E-state index contributed by atoms with van der Waals surface area (Å²) in [6.07, 6.45) is 1.40. The van der Waals surface area contributed by atoms with Gasteiger partial charge in [-0.1, -0.05) is 13.8 Å². The summed E-state index contributed by atoms with van der Waals surface area (Å²) in [6, 6.07) is 0. The monoisotopic (exact) mass is 450 g/mol. The van der Waals surface area contributed by atoms with Crippen molar-refractivity contribution >= 4 is 11.9 Å². The van der Waals surface area contributed by atoms with Crippen LogP contribution in [0.5, 0.6) is 0 Å². The first-order chi connectivity index (χ1) is 14.8. The van der Waals surface area contributed by atoms with Gasteiger partial charge in [0.15, 0.2) is 12.3 Å². The van der Waals surface area contributed by atoms with Crippen molar-refractivity contribution in [1.29, 1.82) is 0 Å². The predicted octanol–water partition coefficient (Wildman–Crippen LogP) is 2.46. The summed E-state index contributed by atoms with van der Waals surface area (Å²) in [4.78, 5) is 51.6. The Labute approximate surface area is 187 Å². The summed E-state index contributed by atoms with van der Waals surface area (Å²) in [6.45, 7) is 12.2. The molecule has 1 aromatic heterocycles. The summed E-state index contributed by atoms with van der Waals surface area (Å²) in [5.41, 5.74) is -2.45. The van der Waals surface area contributed by atoms with E-state index in [2.05, 4.69) is 4.98 Å². The van der Waals surface area contributed by atoms with Crippen molar-refractivity contribution in [3.8, 4) is 0 Å². The molecule has 178 valence electrons. The number of aromatic nitrogens is 2. The molecule has 2 unspecified atom stereocenters. The van der Waals surface area contributed by atoms with Crippen molar-refractivity contribution in [2.24, 2.45) is 17.3 Å². The maximum atomic E-state index is 12.8. The largest absolute Gasteiger partial charge is 0.459 e. The molecule has 1 saturated carbocycles. The first-order valence-electron chi connectivity index (χ1n) is 11.2. The van der Waals surface area contributed by atoms with Crippen LogP contribution < -0.4 is 11.2 Å². The minimum absolute atomic E-state index is 0.0216. The van der Waals surface area contributed by atoms with Gasteiger partial charge in [-0.05, 0) is 52.9 Å². The first kappa shape index (κ1) is 24.2. The lowest BCUT2D eigenvalue weighted by molar-refractivity contribution is -0.214. The van der Waals surface area contributed by atoms with E-state index in [9.17, 15) is 19.2 Å². The van der Waals surface area contributed by atoms with Gasteiger partial charge in [0, 0.05) is 24.6 Å². The molecule has 3 rings (SSSR count). The van der Waals surface area contributed by atoms with Gasteiger partial charge in [-0.25, -0.2) is 4.79 Å². The van der Waals surface area contributed by atoms with E-state index in [-0.39, 0.29) is 17.8 Å². The topological polar surface area (TPSA) is 117 Å². The molecule has 0 bridgehead atoms. The number of esters is 2. The Morgan fingerprint density at radius 1 is 1.19 bits per heavy atom. The average Bonchev–Trinajstić information content (AvgIpc) is 2.95. The second kappa shape index (κ2) is 8.50. The Bertz CT molecular complexity index is 1000. The van der Waals surface area contributed by atoms with E-state index >= 15 is 0 Å². The number of hydrogen-bond acceptors (Lipinski definition) is 7. The molecule has 32 heavy (non-hydrogen) atoms. The number of carbonyl (C=O) groups excluding carboxylic acids is 2. The molecule has 9 nitrogen and oxygen atoms in total. The molecule has 6 atom stereocenters. The third-order valence-electron chi connectivity index (χ3n) is 6.77. The van der Waals surface area contributed by atoms with Crippen LogP contribution in [0.15, 0.2) is 15.8 Å². The SMILES string of the molecule is CC(=O)OC1[C@H](n2cc(C)c(=O)[nH]c2=O)OC2([C@H](C)CCC[C@@H]2OC(=O)C(C)(C)C)[C@@H]1C. The summed E-state index contributed by atoms with van der Waals surface area (Å²) in [5, 5.41) is 0. The molecule has 0 aromatic carbocycles. The van der Waals surface area contributed by atoms with Gasteiger partial charge in [0.05, 0.1) is 5.41 Å². The maximum absolute atomic E-state index is 12.8. The molecule has 1 aliphatic carbocycles. The fourth-order valence-electron chi connectivity index (χ4n) is 5.00. The Kier molecular flexibility index (Phi) is 6.43. The zero-order valence-corrected chi connectivity index (χ0v) is 19.9. The van der Waals surface area contributed by atoms with Crippen LogP contribution in [0, 0.1) is 24.2 Å². The van der Waals surface area contributed by atoms with Gasteiger partial charge in [0.1, 0.15) is 11.7 Å². The highest BCUT2D eigenvalue weighted by Gasteiger charge is 2.63. The zero-order valence-electron chi connectivity index (χ0n) is 19.9. The van der Waals surface area contributed by atoms with Gasteiger partial charge in [-0.15, -0.1) is 0 Å². The van der Waals surface area contributed by atoms with E-state index in [1.807, 2.05) is 13.8 Å². The molecular formula is C23H34N2O7. The third-order valence-corrected chi connectivity index (χ3v) is 6.77. The second-order valence-electron chi connectivity index (χ2n) is 10.2. The number of aromatic amines is 1. The lowest BCUT2D eigenvalue weighted by atomic mass is 9.67. The summed E-state index contributed by atoms with van der Waals surface area (Å²) in [7, 11) is 0. The highest BCUT2D eigenvalue weighted by atomic mass is 16.6. The van der Waals surface area contributed by atoms with Gasteiger partial charge in [-0.3, -0.25) is 23.9 Å². The fraction of sp³-hybridized carbons (Fsp3) is 0.739. The lowest BCUT2D eigenvalue weighted by Gasteiger charge is -2.47. The number of hydrogen-bond donors (Lipinski definition) is 1.